The van der Waals surface area contributed by atoms with E-state index in [4.69, 9.17) is 10.3 Å². The number of hydrogen-bond acceptors (Lipinski definition) is 3. The van der Waals surface area contributed by atoms with Gasteiger partial charge in [-0.1, -0.05) is 0 Å². The molecule has 0 bridgehead atoms. The number of nitrogens with two attached hydrogens (primary N) is 1. The van der Waals surface area contributed by atoms with E-state index in [0.717, 1.165) is 18.6 Å². The summed E-state index contributed by atoms with van der Waals surface area (Å²) in [6, 6.07) is 4.21. The topological polar surface area (TPSA) is 63.5 Å². The Morgan fingerprint density at radius 1 is 1.62 bits per heavy atom. The summed E-state index contributed by atoms with van der Waals surface area (Å²) in [7, 11) is 0. The second-order valence-corrected chi connectivity index (χ2v) is 3.26. The van der Waals surface area contributed by atoms with Gasteiger partial charge in [0.25, 0.3) is 0 Å². The fourth-order valence-electron chi connectivity index (χ4n) is 1.12. The first kappa shape index (κ1) is 8.31. The van der Waals surface area contributed by atoms with Crippen LogP contribution in [0, 0.1) is 6.92 Å². The number of hydrazine groups is 1. The highest BCUT2D eigenvalue weighted by Crippen LogP contribution is 2.24. The van der Waals surface area contributed by atoms with Gasteiger partial charge in [0.1, 0.15) is 5.76 Å². The number of nitrogens with one attached hydrogen (secondary N) is 1. The molecule has 70 valence electrons. The normalized spacial score (nSPS) is 17.5. The maximum atomic E-state index is 5.39. The molecule has 1 heterocycles. The Bertz CT molecular complexity index is 325. The molecule has 1 saturated carbocycles. The molecule has 0 unspecified atom stereocenters. The van der Waals surface area contributed by atoms with Crippen molar-refractivity contribution in [1.82, 2.24) is 5.43 Å². The van der Waals surface area contributed by atoms with Crippen LogP contribution in [-0.4, -0.2) is 11.9 Å². The standard InChI is InChI=1S/C9H13N3O/c1-6-2-5-8(13-6)9(12-10)11-7-3-4-7/h2,5,7H,3-4,10H2,1H3,(H,11,12). The monoisotopic (exact) mass is 179 g/mol. The zero-order valence-corrected chi connectivity index (χ0v) is 7.58. The van der Waals surface area contributed by atoms with Crippen molar-refractivity contribution in [2.24, 2.45) is 10.8 Å². The molecule has 0 aromatic carbocycles. The van der Waals surface area contributed by atoms with Gasteiger partial charge in [0, 0.05) is 0 Å². The first-order valence-corrected chi connectivity index (χ1v) is 4.41. The molecule has 1 aromatic rings. The predicted octanol–water partition coefficient (Wildman–Crippen LogP) is 0.960. The van der Waals surface area contributed by atoms with E-state index in [1.165, 1.54) is 0 Å². The lowest BCUT2D eigenvalue weighted by Crippen LogP contribution is -2.31. The molecular weight excluding hydrogens is 166 g/mol. The highest BCUT2D eigenvalue weighted by Gasteiger charge is 2.21. The molecule has 0 aliphatic heterocycles. The Hall–Kier alpha value is -1.29. The molecule has 1 aliphatic rings. The fraction of sp³-hybridized carbons (Fsp3) is 0.444. The summed E-state index contributed by atoms with van der Waals surface area (Å²) in [5.41, 5.74) is 2.56. The zero-order chi connectivity index (χ0) is 9.26. The maximum absolute atomic E-state index is 5.39. The van der Waals surface area contributed by atoms with Gasteiger partial charge in [-0.25, -0.2) is 5.84 Å². The van der Waals surface area contributed by atoms with E-state index in [-0.39, 0.29) is 0 Å². The van der Waals surface area contributed by atoms with Gasteiger partial charge in [-0.2, -0.15) is 0 Å². The van der Waals surface area contributed by atoms with Gasteiger partial charge >= 0.3 is 0 Å². The molecule has 2 rings (SSSR count). The van der Waals surface area contributed by atoms with Crippen LogP contribution in [0.5, 0.6) is 0 Å². The smallest absolute Gasteiger partial charge is 0.179 e. The Kier molecular flexibility index (Phi) is 2.06. The van der Waals surface area contributed by atoms with Crippen LogP contribution >= 0.6 is 0 Å². The summed E-state index contributed by atoms with van der Waals surface area (Å²) in [5.74, 6) is 7.58. The quantitative estimate of drug-likeness (QED) is 0.307. The summed E-state index contributed by atoms with van der Waals surface area (Å²) in [5, 5.41) is 0. The van der Waals surface area contributed by atoms with Crippen LogP contribution in [-0.2, 0) is 0 Å². The molecule has 1 fully saturated rings. The van der Waals surface area contributed by atoms with Gasteiger partial charge in [0.05, 0.1) is 6.04 Å². The van der Waals surface area contributed by atoms with E-state index in [0.29, 0.717) is 17.6 Å². The number of furan rings is 1. The number of rotatable bonds is 2. The Morgan fingerprint density at radius 2 is 2.38 bits per heavy atom. The first-order valence-electron chi connectivity index (χ1n) is 4.41. The van der Waals surface area contributed by atoms with Gasteiger partial charge in [-0.3, -0.25) is 4.99 Å². The van der Waals surface area contributed by atoms with Crippen LogP contribution in [0.25, 0.3) is 0 Å². The van der Waals surface area contributed by atoms with E-state index in [9.17, 15) is 0 Å². The van der Waals surface area contributed by atoms with Crippen LogP contribution < -0.4 is 11.3 Å². The fourth-order valence-corrected chi connectivity index (χ4v) is 1.12. The van der Waals surface area contributed by atoms with Crippen LogP contribution in [0.15, 0.2) is 21.5 Å². The molecule has 4 heteroatoms. The third-order valence-corrected chi connectivity index (χ3v) is 1.97. The van der Waals surface area contributed by atoms with Crippen molar-refractivity contribution in [3.8, 4) is 0 Å². The number of amidine groups is 1. The molecule has 1 aliphatic carbocycles. The molecule has 0 saturated heterocycles. The lowest BCUT2D eigenvalue weighted by molar-refractivity contribution is 0.522. The molecular formula is C9H13N3O. The molecule has 0 spiro atoms. The average molecular weight is 179 g/mol. The average Bonchev–Trinajstić information content (AvgIpc) is 2.84. The third kappa shape index (κ3) is 1.89. The summed E-state index contributed by atoms with van der Waals surface area (Å²) >= 11 is 0. The minimum absolute atomic E-state index is 0.441. The van der Waals surface area contributed by atoms with E-state index in [2.05, 4.69) is 10.4 Å². The van der Waals surface area contributed by atoms with E-state index in [1.54, 1.807) is 0 Å². The van der Waals surface area contributed by atoms with Gasteiger partial charge in [-0.15, -0.1) is 0 Å². The highest BCUT2D eigenvalue weighted by molar-refractivity contribution is 5.96. The van der Waals surface area contributed by atoms with Crippen molar-refractivity contribution >= 4 is 5.84 Å². The van der Waals surface area contributed by atoms with Crippen LogP contribution in [0.4, 0.5) is 0 Å². The molecule has 3 N–H and O–H groups in total. The van der Waals surface area contributed by atoms with Crippen molar-refractivity contribution in [2.75, 3.05) is 0 Å². The number of aryl methyl sites for hydroxylation is 1. The summed E-state index contributed by atoms with van der Waals surface area (Å²) in [6.07, 6.45) is 2.32. The maximum Gasteiger partial charge on any atom is 0.179 e. The lowest BCUT2D eigenvalue weighted by Gasteiger charge is -2.00. The summed E-state index contributed by atoms with van der Waals surface area (Å²) in [4.78, 5) is 4.38. The number of hydrogen-bond donors (Lipinski definition) is 2. The molecule has 0 radical (unpaired) electrons. The molecule has 0 atom stereocenters. The van der Waals surface area contributed by atoms with Gasteiger partial charge in [0.15, 0.2) is 11.6 Å². The predicted molar refractivity (Wildman–Crippen MR) is 50.3 cm³/mol. The van der Waals surface area contributed by atoms with Crippen LogP contribution in [0.3, 0.4) is 0 Å². The second kappa shape index (κ2) is 3.22. The van der Waals surface area contributed by atoms with Crippen molar-refractivity contribution in [1.29, 1.82) is 0 Å². The molecule has 1 aromatic heterocycles. The van der Waals surface area contributed by atoms with Gasteiger partial charge in [-0.05, 0) is 31.9 Å². The van der Waals surface area contributed by atoms with Crippen molar-refractivity contribution < 1.29 is 4.42 Å². The Balaban J connectivity index is 2.20. The first-order chi connectivity index (χ1) is 6.29. The van der Waals surface area contributed by atoms with Crippen molar-refractivity contribution in [3.63, 3.8) is 0 Å². The van der Waals surface area contributed by atoms with E-state index < -0.39 is 0 Å². The minimum Gasteiger partial charge on any atom is -0.458 e. The third-order valence-electron chi connectivity index (χ3n) is 1.97. The minimum atomic E-state index is 0.441. The van der Waals surface area contributed by atoms with Crippen LogP contribution in [0.2, 0.25) is 0 Å². The zero-order valence-electron chi connectivity index (χ0n) is 7.58. The Morgan fingerprint density at radius 3 is 2.85 bits per heavy atom. The number of nitrogens with zero attached hydrogens (tertiary/aromatic N) is 1. The SMILES string of the molecule is Cc1ccc(C(=NC2CC2)NN)o1. The lowest BCUT2D eigenvalue weighted by atomic mass is 10.4. The second-order valence-electron chi connectivity index (χ2n) is 3.26. The Labute approximate surface area is 76.8 Å². The molecule has 0 amide bonds. The highest BCUT2D eigenvalue weighted by atomic mass is 16.3. The van der Waals surface area contributed by atoms with Gasteiger partial charge < -0.3 is 9.84 Å². The van der Waals surface area contributed by atoms with Crippen LogP contribution in [0.1, 0.15) is 24.4 Å². The van der Waals surface area contributed by atoms with Crippen molar-refractivity contribution in [3.05, 3.63) is 23.7 Å². The number of aliphatic imine (C=N–C) groups is 1. The van der Waals surface area contributed by atoms with E-state index >= 15 is 0 Å². The van der Waals surface area contributed by atoms with Gasteiger partial charge in [0.2, 0.25) is 0 Å². The van der Waals surface area contributed by atoms with E-state index in [1.807, 2.05) is 19.1 Å². The molecule has 4 nitrogen and oxygen atoms in total. The largest absolute Gasteiger partial charge is 0.458 e. The summed E-state index contributed by atoms with van der Waals surface area (Å²) < 4.78 is 5.39. The summed E-state index contributed by atoms with van der Waals surface area (Å²) in [6.45, 7) is 1.90. The van der Waals surface area contributed by atoms with Crippen molar-refractivity contribution in [2.45, 2.75) is 25.8 Å². The molecule has 13 heavy (non-hydrogen) atoms.